The average Bonchev–Trinajstić information content (AvgIpc) is 3.07. The van der Waals surface area contributed by atoms with E-state index >= 15 is 0 Å². The Morgan fingerprint density at radius 1 is 1.07 bits per heavy atom. The largest absolute Gasteiger partial charge is 0.340 e. The Labute approximate surface area is 156 Å². The highest BCUT2D eigenvalue weighted by Crippen LogP contribution is 2.22. The third-order valence-corrected chi connectivity index (χ3v) is 5.27. The number of benzene rings is 1. The number of nitrogens with zero attached hydrogens (tertiary/aromatic N) is 5. The number of rotatable bonds is 4. The van der Waals surface area contributed by atoms with Crippen LogP contribution >= 0.6 is 0 Å². The smallest absolute Gasteiger partial charge is 0.329 e. The molecule has 0 unspecified atom stereocenters. The lowest BCUT2D eigenvalue weighted by Gasteiger charge is -2.34. The summed E-state index contributed by atoms with van der Waals surface area (Å²) in [6.45, 7) is 7.33. The van der Waals surface area contributed by atoms with E-state index in [9.17, 15) is 9.59 Å². The van der Waals surface area contributed by atoms with Gasteiger partial charge in [0.25, 0.3) is 5.56 Å². The van der Waals surface area contributed by atoms with Gasteiger partial charge in [-0.1, -0.05) is 37.3 Å². The minimum absolute atomic E-state index is 0.394. The summed E-state index contributed by atoms with van der Waals surface area (Å²) in [6.07, 6.45) is 0. The summed E-state index contributed by atoms with van der Waals surface area (Å²) in [6, 6.07) is 9.99. The Morgan fingerprint density at radius 3 is 2.44 bits per heavy atom. The highest BCUT2D eigenvalue weighted by atomic mass is 16.2. The van der Waals surface area contributed by atoms with Crippen LogP contribution in [0, 0.1) is 0 Å². The SMILES string of the molecule is CCN1CCN(c2nc3c(c(=O)[nH]c(=O)n3C)n2Cc2ccccc2)CC1. The molecule has 1 aliphatic heterocycles. The highest BCUT2D eigenvalue weighted by molar-refractivity contribution is 5.74. The van der Waals surface area contributed by atoms with Gasteiger partial charge in [-0.25, -0.2) is 4.79 Å². The fourth-order valence-electron chi connectivity index (χ4n) is 3.64. The second-order valence-electron chi connectivity index (χ2n) is 6.90. The Morgan fingerprint density at radius 2 is 1.78 bits per heavy atom. The molecule has 0 saturated carbocycles. The van der Waals surface area contributed by atoms with Crippen LogP contribution in [0.1, 0.15) is 12.5 Å². The van der Waals surface area contributed by atoms with E-state index in [2.05, 4.69) is 21.7 Å². The van der Waals surface area contributed by atoms with Crippen molar-refractivity contribution in [3.8, 4) is 0 Å². The Bertz CT molecular complexity index is 1060. The second-order valence-corrected chi connectivity index (χ2v) is 6.90. The molecule has 3 heterocycles. The van der Waals surface area contributed by atoms with E-state index in [1.165, 1.54) is 4.57 Å². The summed E-state index contributed by atoms with van der Waals surface area (Å²) in [5.41, 5.74) is 1.11. The zero-order chi connectivity index (χ0) is 19.0. The zero-order valence-corrected chi connectivity index (χ0v) is 15.7. The number of hydrogen-bond acceptors (Lipinski definition) is 5. The number of H-pyrrole nitrogens is 1. The van der Waals surface area contributed by atoms with Gasteiger partial charge in [-0.15, -0.1) is 0 Å². The molecule has 2 aromatic heterocycles. The molecule has 0 spiro atoms. The maximum absolute atomic E-state index is 12.6. The van der Waals surface area contributed by atoms with E-state index in [-0.39, 0.29) is 0 Å². The van der Waals surface area contributed by atoms with Crippen molar-refractivity contribution in [2.45, 2.75) is 13.5 Å². The minimum atomic E-state index is -0.445. The lowest BCUT2D eigenvalue weighted by molar-refractivity contribution is 0.269. The summed E-state index contributed by atoms with van der Waals surface area (Å²) in [7, 11) is 1.64. The molecule has 1 aromatic carbocycles. The average molecular weight is 368 g/mol. The molecular weight excluding hydrogens is 344 g/mol. The van der Waals surface area contributed by atoms with Gasteiger partial charge in [-0.3, -0.25) is 18.9 Å². The second kappa shape index (κ2) is 7.03. The molecule has 0 radical (unpaired) electrons. The van der Waals surface area contributed by atoms with Crippen LogP contribution in [0.4, 0.5) is 5.95 Å². The van der Waals surface area contributed by atoms with Gasteiger partial charge in [0.1, 0.15) is 0 Å². The van der Waals surface area contributed by atoms with E-state index in [4.69, 9.17) is 4.98 Å². The van der Waals surface area contributed by atoms with Crippen molar-refractivity contribution in [1.29, 1.82) is 0 Å². The Hall–Kier alpha value is -2.87. The van der Waals surface area contributed by atoms with E-state index in [0.717, 1.165) is 44.2 Å². The molecular formula is C19H24N6O2. The molecule has 27 heavy (non-hydrogen) atoms. The van der Waals surface area contributed by atoms with Gasteiger partial charge in [-0.2, -0.15) is 4.98 Å². The summed E-state index contributed by atoms with van der Waals surface area (Å²) >= 11 is 0. The van der Waals surface area contributed by atoms with Crippen molar-refractivity contribution >= 4 is 17.1 Å². The maximum Gasteiger partial charge on any atom is 0.329 e. The third-order valence-electron chi connectivity index (χ3n) is 5.27. The number of aromatic nitrogens is 4. The van der Waals surface area contributed by atoms with Gasteiger partial charge in [0.05, 0.1) is 6.54 Å². The van der Waals surface area contributed by atoms with Crippen LogP contribution in [0.5, 0.6) is 0 Å². The van der Waals surface area contributed by atoms with Crippen LogP contribution in [0.25, 0.3) is 11.2 Å². The molecule has 4 rings (SSSR count). The number of likely N-dealkylation sites (N-methyl/N-ethyl adjacent to an activating group) is 1. The molecule has 8 nitrogen and oxygen atoms in total. The van der Waals surface area contributed by atoms with Crippen molar-refractivity contribution in [3.63, 3.8) is 0 Å². The summed E-state index contributed by atoms with van der Waals surface area (Å²) < 4.78 is 3.34. The molecule has 0 aliphatic carbocycles. The minimum Gasteiger partial charge on any atom is -0.340 e. The predicted octanol–water partition coefficient (Wildman–Crippen LogP) is 0.614. The van der Waals surface area contributed by atoms with Gasteiger partial charge in [0.15, 0.2) is 11.2 Å². The number of imidazole rings is 1. The molecule has 1 saturated heterocycles. The fourth-order valence-corrected chi connectivity index (χ4v) is 3.64. The van der Waals surface area contributed by atoms with Crippen molar-refractivity contribution in [1.82, 2.24) is 24.0 Å². The number of aryl methyl sites for hydroxylation is 1. The van der Waals surface area contributed by atoms with Gasteiger partial charge >= 0.3 is 5.69 Å². The van der Waals surface area contributed by atoms with E-state index < -0.39 is 11.2 Å². The first-order valence-corrected chi connectivity index (χ1v) is 9.29. The summed E-state index contributed by atoms with van der Waals surface area (Å²) in [4.78, 5) is 36.4. The normalized spacial score (nSPS) is 15.6. The van der Waals surface area contributed by atoms with Crippen molar-refractivity contribution in [2.75, 3.05) is 37.6 Å². The molecule has 0 bridgehead atoms. The van der Waals surface area contributed by atoms with Gasteiger partial charge in [0.2, 0.25) is 5.95 Å². The lowest BCUT2D eigenvalue weighted by Crippen LogP contribution is -2.47. The van der Waals surface area contributed by atoms with Crippen LogP contribution in [0.15, 0.2) is 39.9 Å². The van der Waals surface area contributed by atoms with Gasteiger partial charge < -0.3 is 9.80 Å². The first-order chi connectivity index (χ1) is 13.1. The van der Waals surface area contributed by atoms with Crippen LogP contribution in [0.3, 0.4) is 0 Å². The maximum atomic E-state index is 12.6. The van der Waals surface area contributed by atoms with Crippen molar-refractivity contribution in [3.05, 3.63) is 56.7 Å². The Kier molecular flexibility index (Phi) is 4.57. The molecule has 1 fully saturated rings. The quantitative estimate of drug-likeness (QED) is 0.730. The number of fused-ring (bicyclic) bond motifs is 1. The van der Waals surface area contributed by atoms with Crippen LogP contribution in [-0.2, 0) is 13.6 Å². The van der Waals surface area contributed by atoms with Crippen molar-refractivity contribution < 1.29 is 0 Å². The van der Waals surface area contributed by atoms with Gasteiger partial charge in [-0.05, 0) is 12.1 Å². The molecule has 1 N–H and O–H groups in total. The molecule has 8 heteroatoms. The zero-order valence-electron chi connectivity index (χ0n) is 15.7. The van der Waals surface area contributed by atoms with E-state index in [1.807, 2.05) is 34.9 Å². The molecule has 0 atom stereocenters. The monoisotopic (exact) mass is 368 g/mol. The standard InChI is InChI=1S/C19H24N6O2/c1-3-23-9-11-24(12-10-23)18-20-16-15(17(26)21-19(27)22(16)2)25(18)13-14-7-5-4-6-8-14/h4-8H,3,9-13H2,1-2H3,(H,21,26,27). The fraction of sp³-hybridized carbons (Fsp3) is 0.421. The molecule has 0 amide bonds. The number of piperazine rings is 1. The van der Waals surface area contributed by atoms with Crippen LogP contribution in [0.2, 0.25) is 0 Å². The van der Waals surface area contributed by atoms with E-state index in [0.29, 0.717) is 17.7 Å². The first kappa shape index (κ1) is 17.5. The third kappa shape index (κ3) is 3.16. The number of hydrogen-bond donors (Lipinski definition) is 1. The highest BCUT2D eigenvalue weighted by Gasteiger charge is 2.24. The van der Waals surface area contributed by atoms with Crippen LogP contribution < -0.4 is 16.1 Å². The molecule has 142 valence electrons. The topological polar surface area (TPSA) is 79.2 Å². The van der Waals surface area contributed by atoms with Gasteiger partial charge in [0, 0.05) is 33.2 Å². The van der Waals surface area contributed by atoms with E-state index in [1.54, 1.807) is 7.05 Å². The number of aromatic amines is 1. The van der Waals surface area contributed by atoms with Crippen molar-refractivity contribution in [2.24, 2.45) is 7.05 Å². The summed E-state index contributed by atoms with van der Waals surface area (Å²) in [5.74, 6) is 0.747. The Balaban J connectivity index is 1.85. The lowest BCUT2D eigenvalue weighted by atomic mass is 10.2. The summed E-state index contributed by atoms with van der Waals surface area (Å²) in [5, 5.41) is 0. The van der Waals surface area contributed by atoms with Crippen LogP contribution in [-0.4, -0.2) is 56.7 Å². The predicted molar refractivity (Wildman–Crippen MR) is 105 cm³/mol. The number of anilines is 1. The molecule has 1 aliphatic rings. The first-order valence-electron chi connectivity index (χ1n) is 9.29. The number of nitrogens with one attached hydrogen (secondary N) is 1. The molecule has 3 aromatic rings.